The summed E-state index contributed by atoms with van der Waals surface area (Å²) < 4.78 is 109. The predicted octanol–water partition coefficient (Wildman–Crippen LogP) is 7.14. The summed E-state index contributed by atoms with van der Waals surface area (Å²) >= 11 is 1.06. The van der Waals surface area contributed by atoms with E-state index >= 15 is 0 Å². The van der Waals surface area contributed by atoms with Gasteiger partial charge < -0.3 is 19.5 Å². The molecule has 1 unspecified atom stereocenters. The van der Waals surface area contributed by atoms with E-state index in [2.05, 4.69) is 4.98 Å². The second-order valence-corrected chi connectivity index (χ2v) is 11.5. The molecule has 0 bridgehead atoms. The number of carboxylic acid groups (broad SMARTS) is 1. The second kappa shape index (κ2) is 12.7. The van der Waals surface area contributed by atoms with Gasteiger partial charge in [-0.15, -0.1) is 0 Å². The molecule has 7 nitrogen and oxygen atoms in total. The van der Waals surface area contributed by atoms with E-state index in [4.69, 9.17) is 9.47 Å². The number of aromatic carboxylic acids is 1. The number of methoxy groups -OCH3 is 1. The van der Waals surface area contributed by atoms with Gasteiger partial charge >= 0.3 is 12.1 Å². The second-order valence-electron chi connectivity index (χ2n) is 10.3. The SMILES string of the molecule is COc1ccc(COc2cc3c(cc2C(F)(F)F)N(C2CCC(F)(F)CC2)CC(CCC(F)F)N(C)S3)c(C(=O)O)n1. The molecule has 1 aliphatic heterocycles. The summed E-state index contributed by atoms with van der Waals surface area (Å²) in [5.74, 6) is -4.87. The fraction of sp³-hybridized carbons (Fsp3) is 0.556. The van der Waals surface area contributed by atoms with Gasteiger partial charge in [-0.1, -0.05) is 0 Å². The number of hydrogen-bond donors (Lipinski definition) is 1. The third-order valence-corrected chi connectivity index (χ3v) is 8.54. The Morgan fingerprint density at radius 1 is 1.21 bits per heavy atom. The fourth-order valence-electron chi connectivity index (χ4n) is 5.17. The van der Waals surface area contributed by atoms with Crippen LogP contribution in [-0.2, 0) is 12.8 Å². The zero-order chi connectivity index (χ0) is 30.8. The van der Waals surface area contributed by atoms with Crippen LogP contribution in [0, 0.1) is 0 Å². The number of halogens is 7. The van der Waals surface area contributed by atoms with Crippen molar-refractivity contribution in [2.75, 3.05) is 25.6 Å². The molecule has 1 aromatic heterocycles. The van der Waals surface area contributed by atoms with Crippen LogP contribution in [0.1, 0.15) is 60.1 Å². The molecule has 0 amide bonds. The lowest BCUT2D eigenvalue weighted by Crippen LogP contribution is -2.46. The summed E-state index contributed by atoms with van der Waals surface area (Å²) in [6.45, 7) is -0.476. The molecule has 1 saturated carbocycles. The van der Waals surface area contributed by atoms with Crippen molar-refractivity contribution < 1.29 is 50.1 Å². The minimum Gasteiger partial charge on any atom is -0.488 e. The Morgan fingerprint density at radius 2 is 1.90 bits per heavy atom. The first kappa shape index (κ1) is 32.0. The Balaban J connectivity index is 1.73. The Hall–Kier alpha value is -2.94. The number of carboxylic acids is 1. The third kappa shape index (κ3) is 7.52. The molecule has 0 saturated heterocycles. The maximum absolute atomic E-state index is 14.4. The van der Waals surface area contributed by atoms with Crippen LogP contribution < -0.4 is 14.4 Å². The zero-order valence-corrected chi connectivity index (χ0v) is 23.6. The van der Waals surface area contributed by atoms with Crippen LogP contribution >= 0.6 is 11.9 Å². The molecule has 0 spiro atoms. The number of alkyl halides is 7. The van der Waals surface area contributed by atoms with Gasteiger partial charge in [-0.3, -0.25) is 0 Å². The van der Waals surface area contributed by atoms with Gasteiger partial charge in [0.05, 0.1) is 23.3 Å². The van der Waals surface area contributed by atoms with Crippen LogP contribution in [0.4, 0.5) is 36.4 Å². The number of likely N-dealkylation sites (N-methyl/N-ethyl adjacent to an activating group) is 1. The molecule has 2 heterocycles. The number of nitrogens with zero attached hydrogens (tertiary/aromatic N) is 3. The topological polar surface area (TPSA) is 75.1 Å². The fourth-order valence-corrected chi connectivity index (χ4v) is 6.23. The first-order valence-electron chi connectivity index (χ1n) is 13.2. The van der Waals surface area contributed by atoms with Gasteiger partial charge in [0, 0.05) is 49.5 Å². The normalized spacial score (nSPS) is 19.9. The highest BCUT2D eigenvalue weighted by Crippen LogP contribution is 2.48. The van der Waals surface area contributed by atoms with E-state index in [0.717, 1.165) is 18.0 Å². The van der Waals surface area contributed by atoms with E-state index in [9.17, 15) is 40.6 Å². The first-order valence-corrected chi connectivity index (χ1v) is 13.9. The Kier molecular flexibility index (Phi) is 9.70. The minimum absolute atomic E-state index is 0.00133. The molecule has 1 atom stereocenters. The molecular weight excluding hydrogens is 595 g/mol. The van der Waals surface area contributed by atoms with E-state index in [1.165, 1.54) is 25.3 Å². The first-order chi connectivity index (χ1) is 19.7. The summed E-state index contributed by atoms with van der Waals surface area (Å²) in [5.41, 5.74) is -1.43. The van der Waals surface area contributed by atoms with Crippen LogP contribution in [0.2, 0.25) is 0 Å². The molecule has 232 valence electrons. The highest BCUT2D eigenvalue weighted by Gasteiger charge is 2.42. The van der Waals surface area contributed by atoms with Crippen molar-refractivity contribution in [3.8, 4) is 11.6 Å². The number of anilines is 1. The van der Waals surface area contributed by atoms with Crippen LogP contribution in [-0.4, -0.2) is 65.5 Å². The Morgan fingerprint density at radius 3 is 2.50 bits per heavy atom. The van der Waals surface area contributed by atoms with Crippen LogP contribution in [0.5, 0.6) is 11.6 Å². The summed E-state index contributed by atoms with van der Waals surface area (Å²) in [4.78, 5) is 17.5. The van der Waals surface area contributed by atoms with Crippen LogP contribution in [0.15, 0.2) is 29.2 Å². The number of aromatic nitrogens is 1. The summed E-state index contributed by atoms with van der Waals surface area (Å²) in [7, 11) is 2.92. The summed E-state index contributed by atoms with van der Waals surface area (Å²) in [5, 5.41) is 9.51. The van der Waals surface area contributed by atoms with Crippen LogP contribution in [0.3, 0.4) is 0 Å². The van der Waals surface area contributed by atoms with E-state index in [-0.39, 0.29) is 42.9 Å². The number of fused-ring (bicyclic) bond motifs is 1. The number of carbonyl (C=O) groups is 1. The van der Waals surface area contributed by atoms with Crippen molar-refractivity contribution in [3.05, 3.63) is 41.1 Å². The predicted molar refractivity (Wildman–Crippen MR) is 141 cm³/mol. The standard InChI is InChI=1S/C27H30F7N3O4S/c1-36-17(4-5-22(28)29)13-37(16-7-9-26(30,31)10-8-16)19-11-18(27(32,33)34)20(12-21(19)42-36)41-14-15-3-6-23(40-2)35-24(15)25(38)39/h3,6,11-12,16-17,22H,4-5,7-10,13-14H2,1-2H3,(H,38,39). The molecule has 1 N–H and O–H groups in total. The monoisotopic (exact) mass is 625 g/mol. The number of ether oxygens (including phenoxy) is 2. The van der Waals surface area contributed by atoms with Crippen molar-refractivity contribution in [1.82, 2.24) is 9.29 Å². The van der Waals surface area contributed by atoms with Gasteiger partial charge in [-0.2, -0.15) is 13.2 Å². The van der Waals surface area contributed by atoms with Gasteiger partial charge in [0.2, 0.25) is 18.2 Å². The van der Waals surface area contributed by atoms with E-state index < -0.39 is 79.5 Å². The zero-order valence-electron chi connectivity index (χ0n) is 22.8. The van der Waals surface area contributed by atoms with Crippen molar-refractivity contribution in [1.29, 1.82) is 0 Å². The van der Waals surface area contributed by atoms with Gasteiger partial charge in [0.25, 0.3) is 0 Å². The van der Waals surface area contributed by atoms with Crippen LogP contribution in [0.25, 0.3) is 0 Å². The molecule has 2 aliphatic rings. The highest BCUT2D eigenvalue weighted by atomic mass is 32.2. The Labute approximate surface area is 242 Å². The average Bonchev–Trinajstić information content (AvgIpc) is 3.04. The number of pyridine rings is 1. The maximum Gasteiger partial charge on any atom is 0.420 e. The summed E-state index contributed by atoms with van der Waals surface area (Å²) in [6, 6.07) is 3.74. The molecule has 1 fully saturated rings. The lowest BCUT2D eigenvalue weighted by molar-refractivity contribution is -0.139. The quantitative estimate of drug-likeness (QED) is 0.233. The van der Waals surface area contributed by atoms with E-state index in [1.54, 1.807) is 16.3 Å². The van der Waals surface area contributed by atoms with E-state index in [0.29, 0.717) is 4.90 Å². The van der Waals surface area contributed by atoms with Gasteiger partial charge in [-0.05, 0) is 56.5 Å². The maximum atomic E-state index is 14.4. The van der Waals surface area contributed by atoms with Crippen molar-refractivity contribution in [2.24, 2.45) is 0 Å². The molecule has 0 radical (unpaired) electrons. The molecule has 15 heteroatoms. The van der Waals surface area contributed by atoms with E-state index in [1.807, 2.05) is 0 Å². The molecule has 4 rings (SSSR count). The molecule has 42 heavy (non-hydrogen) atoms. The molecule has 1 aliphatic carbocycles. The third-order valence-electron chi connectivity index (χ3n) is 7.43. The smallest absolute Gasteiger partial charge is 0.420 e. The summed E-state index contributed by atoms with van der Waals surface area (Å²) in [6.07, 6.45) is -8.63. The van der Waals surface area contributed by atoms with Crippen molar-refractivity contribution in [2.45, 2.75) is 80.6 Å². The van der Waals surface area contributed by atoms with Crippen molar-refractivity contribution >= 4 is 23.6 Å². The number of benzene rings is 1. The molecular formula is C27H30F7N3O4S. The van der Waals surface area contributed by atoms with Gasteiger partial charge in [0.15, 0.2) is 5.69 Å². The number of rotatable bonds is 9. The minimum atomic E-state index is -4.89. The average molecular weight is 626 g/mol. The highest BCUT2D eigenvalue weighted by molar-refractivity contribution is 7.97. The lowest BCUT2D eigenvalue weighted by Gasteiger charge is -2.40. The van der Waals surface area contributed by atoms with Gasteiger partial charge in [0.1, 0.15) is 12.4 Å². The molecule has 2 aromatic rings. The van der Waals surface area contributed by atoms with Crippen molar-refractivity contribution in [3.63, 3.8) is 0 Å². The largest absolute Gasteiger partial charge is 0.488 e. The Bertz CT molecular complexity index is 1270. The molecule has 1 aromatic carbocycles. The van der Waals surface area contributed by atoms with Gasteiger partial charge in [-0.25, -0.2) is 31.6 Å². The number of hydrogen-bond acceptors (Lipinski definition) is 7. The lowest BCUT2D eigenvalue weighted by atomic mass is 9.90.